The molecule has 3 heterocycles. The topological polar surface area (TPSA) is 88.2 Å². The van der Waals surface area contributed by atoms with Crippen LogP contribution in [0.3, 0.4) is 0 Å². The molecule has 6 aromatic rings. The van der Waals surface area contributed by atoms with E-state index in [1.807, 2.05) is 72.8 Å². The number of halogens is 1. The van der Waals surface area contributed by atoms with E-state index in [1.165, 1.54) is 30.0 Å². The molecule has 1 fully saturated rings. The fourth-order valence-electron chi connectivity index (χ4n) is 8.56. The number of fused-ring (bicyclic) bond motifs is 1. The predicted octanol–water partition coefficient (Wildman–Crippen LogP) is 9.73. The first-order chi connectivity index (χ1) is 27.4. The summed E-state index contributed by atoms with van der Waals surface area (Å²) in [7, 11) is 1.54. The van der Waals surface area contributed by atoms with Crippen LogP contribution in [0.2, 0.25) is 0 Å². The van der Waals surface area contributed by atoms with E-state index in [0.717, 1.165) is 58.3 Å². The summed E-state index contributed by atoms with van der Waals surface area (Å²) in [6.45, 7) is 2.12. The van der Waals surface area contributed by atoms with Crippen molar-refractivity contribution >= 4 is 62.0 Å². The number of imide groups is 2. The summed E-state index contributed by atoms with van der Waals surface area (Å²) in [5.74, 6) is -0.425. The van der Waals surface area contributed by atoms with Gasteiger partial charge in [-0.3, -0.25) is 14.9 Å². The van der Waals surface area contributed by atoms with Gasteiger partial charge in [-0.25, -0.2) is 9.69 Å². The molecule has 0 bridgehead atoms. The maximum Gasteiger partial charge on any atom is 0.335 e. The number of amides is 4. The lowest BCUT2D eigenvalue weighted by atomic mass is 9.76. The van der Waals surface area contributed by atoms with Gasteiger partial charge in [-0.1, -0.05) is 103 Å². The molecule has 2 atom stereocenters. The van der Waals surface area contributed by atoms with Crippen molar-refractivity contribution in [2.24, 2.45) is 0 Å². The Morgan fingerprint density at radius 1 is 0.768 bits per heavy atom. The summed E-state index contributed by atoms with van der Waals surface area (Å²) in [5.41, 5.74) is 7.49. The Bertz CT molecular complexity index is 2480. The van der Waals surface area contributed by atoms with Gasteiger partial charge in [0.2, 0.25) is 0 Å². The molecule has 1 saturated heterocycles. The molecule has 1 N–H and O–H groups in total. The lowest BCUT2D eigenvalue weighted by Gasteiger charge is -2.44. The standard InChI is InChI=1S/C47H38BrN3O5/c1-55-42-25-29(24-41(48)44(42)56-28-33-17-10-16-30-15-8-9-18-35(30)33)23-40-45(52)49-47(54)51(46(40)53)34-26-38-36(31-11-4-2-5-12-31)19-21-50-22-20-37(39(27-34)43(38)50)32-13-6-3-7-14-32/h2-18,23-27,36-37H,19-22,28H2,1H3,(H,49,52,54)/b40-23+/t36-,37-/m1/s1. The molecular weight excluding hydrogens is 766 g/mol. The second kappa shape index (κ2) is 14.8. The van der Waals surface area contributed by atoms with Crippen molar-refractivity contribution in [2.45, 2.75) is 31.3 Å². The van der Waals surface area contributed by atoms with Crippen LogP contribution in [-0.2, 0) is 16.2 Å². The fourth-order valence-corrected chi connectivity index (χ4v) is 9.13. The monoisotopic (exact) mass is 803 g/mol. The highest BCUT2D eigenvalue weighted by atomic mass is 79.9. The average molecular weight is 805 g/mol. The van der Waals surface area contributed by atoms with Gasteiger partial charge < -0.3 is 14.4 Å². The number of rotatable bonds is 8. The minimum absolute atomic E-state index is 0.0708. The van der Waals surface area contributed by atoms with E-state index in [-0.39, 0.29) is 17.4 Å². The van der Waals surface area contributed by atoms with E-state index < -0.39 is 17.8 Å². The van der Waals surface area contributed by atoms with Crippen LogP contribution < -0.4 is 24.6 Å². The van der Waals surface area contributed by atoms with Crippen LogP contribution in [0.25, 0.3) is 16.8 Å². The molecule has 0 radical (unpaired) electrons. The fraction of sp³-hybridized carbons (Fsp3) is 0.170. The zero-order valence-electron chi connectivity index (χ0n) is 30.7. The highest BCUT2D eigenvalue weighted by Gasteiger charge is 2.40. The molecule has 56 heavy (non-hydrogen) atoms. The maximum absolute atomic E-state index is 14.5. The lowest BCUT2D eigenvalue weighted by Crippen LogP contribution is -2.54. The second-order valence-electron chi connectivity index (χ2n) is 14.4. The van der Waals surface area contributed by atoms with Crippen molar-refractivity contribution in [2.75, 3.05) is 30.0 Å². The Morgan fingerprint density at radius 3 is 2.05 bits per heavy atom. The number of benzene rings is 6. The van der Waals surface area contributed by atoms with Crippen molar-refractivity contribution in [1.29, 1.82) is 0 Å². The van der Waals surface area contributed by atoms with Crippen LogP contribution in [0.1, 0.15) is 58.1 Å². The van der Waals surface area contributed by atoms with Crippen molar-refractivity contribution in [1.82, 2.24) is 5.32 Å². The predicted molar refractivity (Wildman–Crippen MR) is 222 cm³/mol. The molecule has 3 aliphatic heterocycles. The number of barbiturate groups is 1. The summed E-state index contributed by atoms with van der Waals surface area (Å²) in [5, 5.41) is 4.66. The van der Waals surface area contributed by atoms with E-state index in [0.29, 0.717) is 33.8 Å². The third-order valence-electron chi connectivity index (χ3n) is 11.2. The van der Waals surface area contributed by atoms with Crippen molar-refractivity contribution < 1.29 is 23.9 Å². The summed E-state index contributed by atoms with van der Waals surface area (Å²) < 4.78 is 12.6. The number of nitrogens with one attached hydrogen (secondary N) is 1. The first-order valence-corrected chi connectivity index (χ1v) is 19.6. The average Bonchev–Trinajstić information content (AvgIpc) is 3.22. The van der Waals surface area contributed by atoms with Crippen LogP contribution in [0, 0.1) is 0 Å². The van der Waals surface area contributed by atoms with Gasteiger partial charge in [0.05, 0.1) is 17.3 Å². The Labute approximate surface area is 333 Å². The van der Waals surface area contributed by atoms with Crippen LogP contribution in [0.4, 0.5) is 16.2 Å². The molecule has 0 aromatic heterocycles. The Morgan fingerprint density at radius 2 is 1.39 bits per heavy atom. The number of nitrogens with zero attached hydrogens (tertiary/aromatic N) is 2. The lowest BCUT2D eigenvalue weighted by molar-refractivity contribution is -0.122. The molecule has 0 unspecified atom stereocenters. The maximum atomic E-state index is 14.5. The third kappa shape index (κ3) is 6.41. The number of carbonyl (C=O) groups excluding carboxylic acids is 3. The first kappa shape index (κ1) is 35.5. The normalized spacial score (nSPS) is 18.5. The molecule has 3 aliphatic rings. The zero-order valence-corrected chi connectivity index (χ0v) is 32.3. The number of ether oxygens (including phenoxy) is 2. The SMILES string of the molecule is COc1cc(/C=C2\C(=O)NC(=O)N(c3cc4c5c(c3)[C@@H](c3ccccc3)CCN5CC[C@@H]4c3ccccc3)C2=O)cc(Br)c1OCc1cccc2ccccc12. The van der Waals surface area contributed by atoms with Crippen molar-refractivity contribution in [3.63, 3.8) is 0 Å². The number of carbonyl (C=O) groups is 3. The molecule has 4 amide bonds. The Kier molecular flexibility index (Phi) is 9.39. The highest BCUT2D eigenvalue weighted by Crippen LogP contribution is 2.50. The Hall–Kier alpha value is -6.19. The van der Waals surface area contributed by atoms with Crippen LogP contribution in [0.15, 0.2) is 137 Å². The molecule has 278 valence electrons. The minimum Gasteiger partial charge on any atom is -0.493 e. The van der Waals surface area contributed by atoms with Gasteiger partial charge in [-0.05, 0) is 103 Å². The van der Waals surface area contributed by atoms with Gasteiger partial charge in [0.1, 0.15) is 12.2 Å². The van der Waals surface area contributed by atoms with E-state index in [1.54, 1.807) is 12.1 Å². The minimum atomic E-state index is -0.781. The summed E-state index contributed by atoms with van der Waals surface area (Å²) in [6, 6.07) is 41.6. The molecule has 6 aromatic carbocycles. The highest BCUT2D eigenvalue weighted by molar-refractivity contribution is 9.10. The van der Waals surface area contributed by atoms with E-state index in [4.69, 9.17) is 9.47 Å². The number of hydrogen-bond acceptors (Lipinski definition) is 6. The molecular formula is C47H38BrN3O5. The number of hydrogen-bond donors (Lipinski definition) is 1. The molecule has 9 rings (SSSR count). The van der Waals surface area contributed by atoms with E-state index in [9.17, 15) is 14.4 Å². The number of urea groups is 1. The largest absolute Gasteiger partial charge is 0.493 e. The summed E-state index contributed by atoms with van der Waals surface area (Å²) in [4.78, 5) is 45.2. The number of methoxy groups -OCH3 is 1. The first-order valence-electron chi connectivity index (χ1n) is 18.8. The quantitative estimate of drug-likeness (QED) is 0.122. The van der Waals surface area contributed by atoms with Crippen LogP contribution >= 0.6 is 15.9 Å². The van der Waals surface area contributed by atoms with Gasteiger partial charge in [-0.15, -0.1) is 0 Å². The molecule has 0 aliphatic carbocycles. The zero-order chi connectivity index (χ0) is 38.3. The van der Waals surface area contributed by atoms with Gasteiger partial charge in [0, 0.05) is 30.6 Å². The molecule has 0 saturated carbocycles. The molecule has 8 nitrogen and oxygen atoms in total. The molecule has 0 spiro atoms. The van der Waals surface area contributed by atoms with Crippen molar-refractivity contribution in [3.05, 3.63) is 171 Å². The number of anilines is 2. The van der Waals surface area contributed by atoms with Crippen molar-refractivity contribution in [3.8, 4) is 11.5 Å². The van der Waals surface area contributed by atoms with Crippen LogP contribution in [-0.4, -0.2) is 38.0 Å². The Balaban J connectivity index is 1.09. The van der Waals surface area contributed by atoms with Gasteiger partial charge >= 0.3 is 6.03 Å². The van der Waals surface area contributed by atoms with E-state index >= 15 is 0 Å². The molecule has 9 heteroatoms. The van der Waals surface area contributed by atoms with Crippen LogP contribution in [0.5, 0.6) is 11.5 Å². The van der Waals surface area contributed by atoms with Gasteiger partial charge in [0.25, 0.3) is 11.8 Å². The van der Waals surface area contributed by atoms with Gasteiger partial charge in [0.15, 0.2) is 11.5 Å². The van der Waals surface area contributed by atoms with E-state index in [2.05, 4.69) is 68.6 Å². The second-order valence-corrected chi connectivity index (χ2v) is 15.2. The summed E-state index contributed by atoms with van der Waals surface area (Å²) in [6.07, 6.45) is 3.29. The van der Waals surface area contributed by atoms with Gasteiger partial charge in [-0.2, -0.15) is 0 Å². The summed E-state index contributed by atoms with van der Waals surface area (Å²) >= 11 is 3.64. The third-order valence-corrected chi connectivity index (χ3v) is 11.8. The smallest absolute Gasteiger partial charge is 0.335 e.